The maximum Gasteiger partial charge on any atom is 0.264 e. The first-order valence-electron chi connectivity index (χ1n) is 5.47. The van der Waals surface area contributed by atoms with E-state index in [1.54, 1.807) is 0 Å². The monoisotopic (exact) mass is 270 g/mol. The first kappa shape index (κ1) is 14.0. The fraction of sp³-hybridized carbons (Fsp3) is 0.500. The number of nitriles is 1. The molecule has 1 N–H and O–H groups in total. The standard InChI is InChI=1S/C12H15ClN2OS/c1-4-12(5-2,7-14)15-11(16)10-9(13)8(3)6-17-10/h6H,4-5H2,1-3H3,(H,15,16). The Bertz CT molecular complexity index is 458. The van der Waals surface area contributed by atoms with Crippen LogP contribution in [0.15, 0.2) is 5.38 Å². The minimum atomic E-state index is -0.793. The molecular weight excluding hydrogens is 256 g/mol. The Balaban J connectivity index is 2.93. The molecule has 0 aromatic carbocycles. The van der Waals surface area contributed by atoms with Crippen molar-refractivity contribution in [2.75, 3.05) is 0 Å². The predicted octanol–water partition coefficient (Wildman–Crippen LogP) is 3.52. The summed E-state index contributed by atoms with van der Waals surface area (Å²) >= 11 is 7.33. The maximum atomic E-state index is 12.0. The lowest BCUT2D eigenvalue weighted by Gasteiger charge is -2.24. The summed E-state index contributed by atoms with van der Waals surface area (Å²) in [7, 11) is 0. The van der Waals surface area contributed by atoms with E-state index in [1.165, 1.54) is 11.3 Å². The molecule has 0 radical (unpaired) electrons. The molecule has 17 heavy (non-hydrogen) atoms. The summed E-state index contributed by atoms with van der Waals surface area (Å²) in [5.74, 6) is -0.265. The molecule has 5 heteroatoms. The molecule has 0 saturated carbocycles. The van der Waals surface area contributed by atoms with Gasteiger partial charge < -0.3 is 5.32 Å². The second kappa shape index (κ2) is 5.52. The molecule has 0 fully saturated rings. The van der Waals surface area contributed by atoms with E-state index >= 15 is 0 Å². The van der Waals surface area contributed by atoms with E-state index in [1.807, 2.05) is 26.2 Å². The van der Waals surface area contributed by atoms with Gasteiger partial charge in [-0.1, -0.05) is 25.4 Å². The van der Waals surface area contributed by atoms with Gasteiger partial charge in [0, 0.05) is 0 Å². The van der Waals surface area contributed by atoms with Crippen LogP contribution in [-0.2, 0) is 0 Å². The molecule has 1 rings (SSSR count). The second-order valence-corrected chi connectivity index (χ2v) is 5.17. The first-order chi connectivity index (χ1) is 7.99. The molecule has 0 aliphatic carbocycles. The van der Waals surface area contributed by atoms with Crippen molar-refractivity contribution in [2.24, 2.45) is 0 Å². The summed E-state index contributed by atoms with van der Waals surface area (Å²) in [6.45, 7) is 5.62. The molecule has 3 nitrogen and oxygen atoms in total. The topological polar surface area (TPSA) is 52.9 Å². The number of amides is 1. The quantitative estimate of drug-likeness (QED) is 0.910. The highest BCUT2D eigenvalue weighted by molar-refractivity contribution is 7.13. The van der Waals surface area contributed by atoms with Gasteiger partial charge in [-0.3, -0.25) is 4.79 Å². The van der Waals surface area contributed by atoms with Gasteiger partial charge in [0.25, 0.3) is 5.91 Å². The van der Waals surface area contributed by atoms with Gasteiger partial charge >= 0.3 is 0 Å². The Hall–Kier alpha value is -1.05. The number of carbonyl (C=O) groups excluding carboxylic acids is 1. The Morgan fingerprint density at radius 2 is 2.18 bits per heavy atom. The third-order valence-corrected chi connectivity index (χ3v) is 4.58. The Kier molecular flexibility index (Phi) is 4.55. The highest BCUT2D eigenvalue weighted by Crippen LogP contribution is 2.28. The first-order valence-corrected chi connectivity index (χ1v) is 6.72. The van der Waals surface area contributed by atoms with E-state index in [4.69, 9.17) is 16.9 Å². The Labute approximate surface area is 110 Å². The molecule has 0 bridgehead atoms. The van der Waals surface area contributed by atoms with Crippen molar-refractivity contribution in [2.45, 2.75) is 39.2 Å². The van der Waals surface area contributed by atoms with Gasteiger partial charge in [-0.05, 0) is 30.7 Å². The van der Waals surface area contributed by atoms with Crippen molar-refractivity contribution in [1.29, 1.82) is 5.26 Å². The van der Waals surface area contributed by atoms with Crippen LogP contribution in [0.2, 0.25) is 5.02 Å². The summed E-state index contributed by atoms with van der Waals surface area (Å²) in [6.07, 6.45) is 1.15. The molecule has 1 amide bonds. The molecule has 0 spiro atoms. The molecule has 0 atom stereocenters. The molecule has 1 aromatic rings. The predicted molar refractivity (Wildman–Crippen MR) is 70.5 cm³/mol. The lowest BCUT2D eigenvalue weighted by atomic mass is 9.94. The summed E-state index contributed by atoms with van der Waals surface area (Å²) in [4.78, 5) is 12.5. The highest BCUT2D eigenvalue weighted by Gasteiger charge is 2.29. The number of nitrogens with one attached hydrogen (secondary N) is 1. The van der Waals surface area contributed by atoms with Gasteiger partial charge in [0.15, 0.2) is 0 Å². The lowest BCUT2D eigenvalue weighted by Crippen LogP contribution is -2.46. The van der Waals surface area contributed by atoms with Gasteiger partial charge in [-0.25, -0.2) is 0 Å². The average molecular weight is 271 g/mol. The fourth-order valence-corrected chi connectivity index (χ4v) is 2.64. The Morgan fingerprint density at radius 1 is 1.59 bits per heavy atom. The van der Waals surface area contributed by atoms with Gasteiger partial charge in [-0.15, -0.1) is 11.3 Å². The van der Waals surface area contributed by atoms with Crippen LogP contribution >= 0.6 is 22.9 Å². The minimum Gasteiger partial charge on any atom is -0.333 e. The smallest absolute Gasteiger partial charge is 0.264 e. The van der Waals surface area contributed by atoms with E-state index in [2.05, 4.69) is 11.4 Å². The van der Waals surface area contributed by atoms with Crippen molar-refractivity contribution < 1.29 is 4.79 Å². The van der Waals surface area contributed by atoms with Crippen LogP contribution in [0.25, 0.3) is 0 Å². The van der Waals surface area contributed by atoms with Crippen LogP contribution in [-0.4, -0.2) is 11.4 Å². The third-order valence-electron chi connectivity index (χ3n) is 2.88. The fourth-order valence-electron chi connectivity index (χ4n) is 1.47. The normalized spacial score (nSPS) is 11.0. The van der Waals surface area contributed by atoms with Crippen LogP contribution < -0.4 is 5.32 Å². The summed E-state index contributed by atoms with van der Waals surface area (Å²) in [5, 5.41) is 14.2. The van der Waals surface area contributed by atoms with Gasteiger partial charge in [0.2, 0.25) is 0 Å². The third kappa shape index (κ3) is 2.80. The molecule has 1 aromatic heterocycles. The molecule has 92 valence electrons. The van der Waals surface area contributed by atoms with Crippen LogP contribution in [0.5, 0.6) is 0 Å². The number of halogens is 1. The average Bonchev–Trinajstić information content (AvgIpc) is 2.67. The van der Waals surface area contributed by atoms with Gasteiger partial charge in [-0.2, -0.15) is 5.26 Å². The van der Waals surface area contributed by atoms with E-state index in [0.717, 1.165) is 5.56 Å². The van der Waals surface area contributed by atoms with Crippen LogP contribution in [0, 0.1) is 18.3 Å². The summed E-state index contributed by atoms with van der Waals surface area (Å²) < 4.78 is 0. The number of hydrogen-bond donors (Lipinski definition) is 1. The lowest BCUT2D eigenvalue weighted by molar-refractivity contribution is 0.0920. The van der Waals surface area contributed by atoms with E-state index < -0.39 is 5.54 Å². The number of carbonyl (C=O) groups is 1. The van der Waals surface area contributed by atoms with Crippen LogP contribution in [0.4, 0.5) is 0 Å². The summed E-state index contributed by atoms with van der Waals surface area (Å²) in [6, 6.07) is 2.17. The van der Waals surface area contributed by atoms with Crippen LogP contribution in [0.3, 0.4) is 0 Å². The number of nitrogens with zero attached hydrogens (tertiary/aromatic N) is 1. The molecule has 1 heterocycles. The van der Waals surface area contributed by atoms with Crippen LogP contribution in [0.1, 0.15) is 41.9 Å². The molecule has 0 aliphatic rings. The molecular formula is C12H15ClN2OS. The number of thiophene rings is 1. The van der Waals surface area contributed by atoms with Crippen molar-refractivity contribution in [3.8, 4) is 6.07 Å². The zero-order valence-electron chi connectivity index (χ0n) is 10.1. The van der Waals surface area contributed by atoms with E-state index in [-0.39, 0.29) is 5.91 Å². The SMILES string of the molecule is CCC(C#N)(CC)NC(=O)c1scc(C)c1Cl. The van der Waals surface area contributed by atoms with Gasteiger partial charge in [0.1, 0.15) is 10.4 Å². The zero-order chi connectivity index (χ0) is 13.1. The highest BCUT2D eigenvalue weighted by atomic mass is 35.5. The number of rotatable bonds is 4. The number of hydrogen-bond acceptors (Lipinski definition) is 3. The largest absolute Gasteiger partial charge is 0.333 e. The zero-order valence-corrected chi connectivity index (χ0v) is 11.7. The molecule has 0 unspecified atom stereocenters. The van der Waals surface area contributed by atoms with Crippen molar-refractivity contribution >= 4 is 28.8 Å². The number of aryl methyl sites for hydroxylation is 1. The minimum absolute atomic E-state index is 0.265. The van der Waals surface area contributed by atoms with E-state index in [0.29, 0.717) is 22.7 Å². The van der Waals surface area contributed by atoms with Crippen molar-refractivity contribution in [3.63, 3.8) is 0 Å². The Morgan fingerprint density at radius 3 is 2.53 bits per heavy atom. The molecule has 0 saturated heterocycles. The van der Waals surface area contributed by atoms with Gasteiger partial charge in [0.05, 0.1) is 11.1 Å². The summed E-state index contributed by atoms with van der Waals surface area (Å²) in [5.41, 5.74) is 0.0931. The van der Waals surface area contributed by atoms with Crippen molar-refractivity contribution in [1.82, 2.24) is 5.32 Å². The maximum absolute atomic E-state index is 12.0. The van der Waals surface area contributed by atoms with Crippen molar-refractivity contribution in [3.05, 3.63) is 20.8 Å². The second-order valence-electron chi connectivity index (χ2n) is 3.92. The molecule has 0 aliphatic heterocycles. The van der Waals surface area contributed by atoms with E-state index in [9.17, 15) is 4.79 Å².